The Hall–Kier alpha value is -2.08. The number of amides is 1. The highest BCUT2D eigenvalue weighted by atomic mass is 16.6. The van der Waals surface area contributed by atoms with Gasteiger partial charge < -0.3 is 20.2 Å². The van der Waals surface area contributed by atoms with Gasteiger partial charge in [0.2, 0.25) is 0 Å². The first kappa shape index (κ1) is 15.3. The summed E-state index contributed by atoms with van der Waals surface area (Å²) in [4.78, 5) is 15.9. The van der Waals surface area contributed by atoms with E-state index in [1.807, 2.05) is 55.8 Å². The summed E-state index contributed by atoms with van der Waals surface area (Å²) in [6.07, 6.45) is 3.94. The summed E-state index contributed by atoms with van der Waals surface area (Å²) < 4.78 is 7.16. The summed E-state index contributed by atoms with van der Waals surface area (Å²) in [5, 5.41) is 2.68. The number of carbonyl (C=O) groups is 1. The Morgan fingerprint density at radius 2 is 2.24 bits per heavy atom. The number of fused-ring (bicyclic) bond motifs is 1. The molecule has 6 nitrogen and oxygen atoms in total. The van der Waals surface area contributed by atoms with E-state index >= 15 is 0 Å². The molecule has 2 aromatic rings. The Labute approximate surface area is 124 Å². The van der Waals surface area contributed by atoms with E-state index in [1.54, 1.807) is 0 Å². The van der Waals surface area contributed by atoms with Crippen LogP contribution in [0.1, 0.15) is 26.5 Å². The summed E-state index contributed by atoms with van der Waals surface area (Å²) in [6, 6.07) is 5.63. The maximum absolute atomic E-state index is 11.6. The molecule has 0 aliphatic heterocycles. The van der Waals surface area contributed by atoms with E-state index in [2.05, 4.69) is 10.3 Å². The average molecular weight is 290 g/mol. The molecule has 2 heterocycles. The molecule has 21 heavy (non-hydrogen) atoms. The Morgan fingerprint density at radius 3 is 2.95 bits per heavy atom. The molecule has 6 heteroatoms. The average Bonchev–Trinajstić information content (AvgIpc) is 2.78. The van der Waals surface area contributed by atoms with E-state index in [1.165, 1.54) is 0 Å². The molecule has 2 rings (SSSR count). The highest BCUT2D eigenvalue weighted by Crippen LogP contribution is 2.08. The molecule has 1 unspecified atom stereocenters. The zero-order valence-electron chi connectivity index (χ0n) is 12.7. The monoisotopic (exact) mass is 290 g/mol. The number of pyridine rings is 1. The predicted molar refractivity (Wildman–Crippen MR) is 81.1 cm³/mol. The van der Waals surface area contributed by atoms with Crippen LogP contribution in [0.2, 0.25) is 0 Å². The molecule has 3 N–H and O–H groups in total. The lowest BCUT2D eigenvalue weighted by Crippen LogP contribution is -2.41. The molecule has 0 spiro atoms. The molecule has 0 aliphatic carbocycles. The van der Waals surface area contributed by atoms with Crippen molar-refractivity contribution in [3.63, 3.8) is 0 Å². The van der Waals surface area contributed by atoms with Gasteiger partial charge in [-0.15, -0.1) is 0 Å². The number of nitrogens with two attached hydrogens (primary N) is 1. The first-order valence-electron chi connectivity index (χ1n) is 6.98. The number of carbonyl (C=O) groups excluding carboxylic acids is 1. The minimum atomic E-state index is -0.504. The number of aromatic nitrogens is 2. The van der Waals surface area contributed by atoms with Crippen molar-refractivity contribution in [1.29, 1.82) is 0 Å². The minimum absolute atomic E-state index is 0.197. The number of imidazole rings is 1. The second-order valence-corrected chi connectivity index (χ2v) is 6.03. The van der Waals surface area contributed by atoms with Crippen molar-refractivity contribution in [2.75, 3.05) is 6.54 Å². The van der Waals surface area contributed by atoms with E-state index < -0.39 is 11.7 Å². The van der Waals surface area contributed by atoms with Crippen LogP contribution in [0, 0.1) is 0 Å². The summed E-state index contributed by atoms with van der Waals surface area (Å²) in [5.74, 6) is 0. The standard InChI is InChI=1S/C15H22N4O2/c1-15(2,3)21-14(20)18-9-11(16)8-12-10-17-13-6-4-5-7-19(12)13/h4-7,10-11H,8-9,16H2,1-3H3,(H,18,20). The summed E-state index contributed by atoms with van der Waals surface area (Å²) in [6.45, 7) is 5.83. The van der Waals surface area contributed by atoms with Crippen molar-refractivity contribution in [3.8, 4) is 0 Å². The van der Waals surface area contributed by atoms with Gasteiger partial charge in [-0.1, -0.05) is 6.07 Å². The second-order valence-electron chi connectivity index (χ2n) is 6.03. The molecule has 0 fully saturated rings. The molecular formula is C15H22N4O2. The van der Waals surface area contributed by atoms with Gasteiger partial charge in [-0.25, -0.2) is 9.78 Å². The van der Waals surface area contributed by atoms with Crippen LogP contribution >= 0.6 is 0 Å². The number of rotatable bonds is 4. The van der Waals surface area contributed by atoms with Gasteiger partial charge in [-0.3, -0.25) is 0 Å². The topological polar surface area (TPSA) is 81.6 Å². The normalized spacial score (nSPS) is 13.1. The molecule has 0 bridgehead atoms. The highest BCUT2D eigenvalue weighted by molar-refractivity contribution is 5.67. The van der Waals surface area contributed by atoms with Gasteiger partial charge in [0.15, 0.2) is 0 Å². The maximum atomic E-state index is 11.6. The first-order chi connectivity index (χ1) is 9.85. The van der Waals surface area contributed by atoms with Gasteiger partial charge in [0.1, 0.15) is 11.2 Å². The van der Waals surface area contributed by atoms with Crippen molar-refractivity contribution in [1.82, 2.24) is 14.7 Å². The van der Waals surface area contributed by atoms with Crippen molar-refractivity contribution < 1.29 is 9.53 Å². The lowest BCUT2D eigenvalue weighted by molar-refractivity contribution is 0.0524. The molecule has 1 amide bonds. The van der Waals surface area contributed by atoms with E-state index in [-0.39, 0.29) is 6.04 Å². The van der Waals surface area contributed by atoms with Crippen LogP contribution in [0.3, 0.4) is 0 Å². The molecule has 1 atom stereocenters. The zero-order valence-corrected chi connectivity index (χ0v) is 12.7. The van der Waals surface area contributed by atoms with Gasteiger partial charge in [0, 0.05) is 37.1 Å². The van der Waals surface area contributed by atoms with E-state index in [4.69, 9.17) is 10.5 Å². The number of ether oxygens (including phenoxy) is 1. The zero-order chi connectivity index (χ0) is 15.5. The number of nitrogens with zero attached hydrogens (tertiary/aromatic N) is 2. The largest absolute Gasteiger partial charge is 0.444 e. The molecule has 0 saturated carbocycles. The van der Waals surface area contributed by atoms with Crippen molar-refractivity contribution in [2.45, 2.75) is 38.8 Å². The molecule has 0 aromatic carbocycles. The quantitative estimate of drug-likeness (QED) is 0.898. The molecule has 114 valence electrons. The second kappa shape index (κ2) is 6.13. The van der Waals surface area contributed by atoms with Crippen LogP contribution in [0.5, 0.6) is 0 Å². The van der Waals surface area contributed by atoms with Gasteiger partial charge in [-0.2, -0.15) is 0 Å². The third-order valence-electron chi connectivity index (χ3n) is 2.87. The molecule has 0 saturated heterocycles. The first-order valence-corrected chi connectivity index (χ1v) is 6.98. The summed E-state index contributed by atoms with van der Waals surface area (Å²) >= 11 is 0. The van der Waals surface area contributed by atoms with Gasteiger partial charge in [-0.05, 0) is 32.9 Å². The summed E-state index contributed by atoms with van der Waals surface area (Å²) in [7, 11) is 0. The van der Waals surface area contributed by atoms with E-state index in [0.717, 1.165) is 11.3 Å². The fourth-order valence-corrected chi connectivity index (χ4v) is 2.01. The lowest BCUT2D eigenvalue weighted by Gasteiger charge is -2.20. The number of hydrogen-bond acceptors (Lipinski definition) is 4. The van der Waals surface area contributed by atoms with Gasteiger partial charge >= 0.3 is 6.09 Å². The summed E-state index contributed by atoms with van der Waals surface area (Å²) in [5.41, 5.74) is 7.46. The van der Waals surface area contributed by atoms with Crippen molar-refractivity contribution >= 4 is 11.7 Å². The third kappa shape index (κ3) is 4.46. The van der Waals surface area contributed by atoms with Crippen LogP contribution in [0.15, 0.2) is 30.6 Å². The Kier molecular flexibility index (Phi) is 4.47. The lowest BCUT2D eigenvalue weighted by atomic mass is 10.2. The predicted octanol–water partition coefficient (Wildman–Crippen LogP) is 1.73. The molecule has 2 aromatic heterocycles. The van der Waals surface area contributed by atoms with Crippen LogP contribution in [0.4, 0.5) is 4.79 Å². The van der Waals surface area contributed by atoms with Crippen LogP contribution in [-0.4, -0.2) is 33.7 Å². The number of nitrogens with one attached hydrogen (secondary N) is 1. The third-order valence-corrected chi connectivity index (χ3v) is 2.87. The number of hydrogen-bond donors (Lipinski definition) is 2. The van der Waals surface area contributed by atoms with Crippen molar-refractivity contribution in [2.24, 2.45) is 5.73 Å². The molecular weight excluding hydrogens is 268 g/mol. The van der Waals surface area contributed by atoms with E-state index in [0.29, 0.717) is 13.0 Å². The fraction of sp³-hybridized carbons (Fsp3) is 0.467. The Balaban J connectivity index is 1.87. The van der Waals surface area contributed by atoms with Crippen molar-refractivity contribution in [3.05, 3.63) is 36.3 Å². The van der Waals surface area contributed by atoms with Crippen LogP contribution in [0.25, 0.3) is 5.65 Å². The van der Waals surface area contributed by atoms with Gasteiger partial charge in [0.25, 0.3) is 0 Å². The van der Waals surface area contributed by atoms with Gasteiger partial charge in [0.05, 0.1) is 0 Å². The fourth-order valence-electron chi connectivity index (χ4n) is 2.01. The smallest absolute Gasteiger partial charge is 0.407 e. The van der Waals surface area contributed by atoms with Crippen LogP contribution < -0.4 is 11.1 Å². The Morgan fingerprint density at radius 1 is 1.48 bits per heavy atom. The Bertz CT molecular complexity index is 615. The van der Waals surface area contributed by atoms with E-state index in [9.17, 15) is 4.79 Å². The SMILES string of the molecule is CC(C)(C)OC(=O)NCC(N)Cc1cnc2ccccn12. The highest BCUT2D eigenvalue weighted by Gasteiger charge is 2.17. The molecule has 0 aliphatic rings. The number of alkyl carbamates (subject to hydrolysis) is 1. The minimum Gasteiger partial charge on any atom is -0.444 e. The maximum Gasteiger partial charge on any atom is 0.407 e. The molecule has 0 radical (unpaired) electrons. The van der Waals surface area contributed by atoms with Crippen LogP contribution in [-0.2, 0) is 11.2 Å².